The lowest BCUT2D eigenvalue weighted by Gasteiger charge is -2.43. The first kappa shape index (κ1) is 21.3. The molecule has 5 heterocycles. The molecule has 4 fully saturated rings. The largest absolute Gasteiger partial charge is 0.474 e. The van der Waals surface area contributed by atoms with Crippen LogP contribution in [-0.4, -0.2) is 43.2 Å². The van der Waals surface area contributed by atoms with Crippen LogP contribution in [0.1, 0.15) is 75.0 Å². The Morgan fingerprint density at radius 2 is 2.09 bits per heavy atom. The van der Waals surface area contributed by atoms with E-state index in [1.54, 1.807) is 33.5 Å². The van der Waals surface area contributed by atoms with E-state index in [0.29, 0.717) is 12.4 Å². The SMILES string of the molecule is CCC12CC(c3cn4cc(C(=O)Nc5cccn(C6CC6)c5=O)c(OC(C)C)nc4n3)(CO1)C2. The van der Waals surface area contributed by atoms with E-state index in [9.17, 15) is 9.59 Å². The lowest BCUT2D eigenvalue weighted by molar-refractivity contribution is -0.00634. The Labute approximate surface area is 197 Å². The van der Waals surface area contributed by atoms with E-state index in [-0.39, 0.29) is 45.9 Å². The highest BCUT2D eigenvalue weighted by molar-refractivity contribution is 6.05. The monoisotopic (exact) mass is 463 g/mol. The van der Waals surface area contributed by atoms with E-state index in [4.69, 9.17) is 14.5 Å². The number of imidazole rings is 1. The van der Waals surface area contributed by atoms with Gasteiger partial charge in [0.2, 0.25) is 11.7 Å². The van der Waals surface area contributed by atoms with Crippen molar-refractivity contribution in [3.8, 4) is 5.88 Å². The number of amides is 1. The first-order valence-electron chi connectivity index (χ1n) is 12.0. The molecule has 3 aromatic rings. The smallest absolute Gasteiger partial charge is 0.274 e. The van der Waals surface area contributed by atoms with Gasteiger partial charge >= 0.3 is 0 Å². The number of anilines is 1. The second kappa shape index (κ2) is 7.40. The molecule has 2 aliphatic carbocycles. The summed E-state index contributed by atoms with van der Waals surface area (Å²) >= 11 is 0. The number of nitrogens with one attached hydrogen (secondary N) is 1. The molecule has 1 amide bonds. The van der Waals surface area contributed by atoms with Gasteiger partial charge in [0.05, 0.1) is 24.0 Å². The van der Waals surface area contributed by atoms with Crippen LogP contribution in [0.3, 0.4) is 0 Å². The Morgan fingerprint density at radius 3 is 2.76 bits per heavy atom. The average Bonchev–Trinajstić information content (AvgIpc) is 3.26. The summed E-state index contributed by atoms with van der Waals surface area (Å²) in [7, 11) is 0. The summed E-state index contributed by atoms with van der Waals surface area (Å²) in [6.07, 6.45) is 10.1. The molecule has 4 aliphatic rings. The maximum Gasteiger partial charge on any atom is 0.274 e. The molecular weight excluding hydrogens is 434 g/mol. The second-order valence-corrected chi connectivity index (χ2v) is 10.2. The van der Waals surface area contributed by atoms with Crippen LogP contribution in [0.2, 0.25) is 0 Å². The number of pyridine rings is 1. The number of nitrogens with zero attached hydrogens (tertiary/aromatic N) is 4. The third-order valence-electron chi connectivity index (χ3n) is 7.33. The molecule has 9 heteroatoms. The quantitative estimate of drug-likeness (QED) is 0.576. The van der Waals surface area contributed by atoms with Gasteiger partial charge in [0, 0.05) is 30.0 Å². The van der Waals surface area contributed by atoms with E-state index in [2.05, 4.69) is 17.2 Å². The summed E-state index contributed by atoms with van der Waals surface area (Å²) in [6, 6.07) is 3.63. The zero-order valence-electron chi connectivity index (χ0n) is 19.7. The number of rotatable bonds is 7. The lowest BCUT2D eigenvalue weighted by Crippen LogP contribution is -2.46. The van der Waals surface area contributed by atoms with Gasteiger partial charge in [-0.1, -0.05) is 6.92 Å². The number of carbonyl (C=O) groups is 1. The van der Waals surface area contributed by atoms with Gasteiger partial charge in [-0.15, -0.1) is 0 Å². The van der Waals surface area contributed by atoms with Crippen LogP contribution in [0, 0.1) is 0 Å². The molecule has 2 bridgehead atoms. The molecular formula is C25H29N5O4. The summed E-state index contributed by atoms with van der Waals surface area (Å²) in [6.45, 7) is 6.58. The Balaban J connectivity index is 1.35. The molecule has 0 atom stereocenters. The fourth-order valence-electron chi connectivity index (χ4n) is 5.35. The molecule has 2 saturated heterocycles. The number of aromatic nitrogens is 4. The van der Waals surface area contributed by atoms with Crippen molar-refractivity contribution in [2.45, 2.75) is 76.0 Å². The topological polar surface area (TPSA) is 99.8 Å². The van der Waals surface area contributed by atoms with E-state index >= 15 is 0 Å². The minimum Gasteiger partial charge on any atom is -0.474 e. The summed E-state index contributed by atoms with van der Waals surface area (Å²) in [5.74, 6) is 0.238. The van der Waals surface area contributed by atoms with Gasteiger partial charge in [-0.2, -0.15) is 4.98 Å². The maximum atomic E-state index is 13.3. The van der Waals surface area contributed by atoms with E-state index in [1.165, 1.54) is 0 Å². The zero-order valence-corrected chi connectivity index (χ0v) is 19.7. The summed E-state index contributed by atoms with van der Waals surface area (Å²) in [5.41, 5.74) is 1.14. The molecule has 34 heavy (non-hydrogen) atoms. The molecule has 2 aliphatic heterocycles. The highest BCUT2D eigenvalue weighted by Crippen LogP contribution is 2.59. The van der Waals surface area contributed by atoms with Gasteiger partial charge in [0.15, 0.2) is 0 Å². The number of hydrogen-bond donors (Lipinski definition) is 1. The van der Waals surface area contributed by atoms with Crippen LogP contribution in [0.5, 0.6) is 5.88 Å². The van der Waals surface area contributed by atoms with E-state index in [0.717, 1.165) is 37.8 Å². The zero-order chi connectivity index (χ0) is 23.7. The fourth-order valence-corrected chi connectivity index (χ4v) is 5.35. The molecule has 0 unspecified atom stereocenters. The third-order valence-corrected chi connectivity index (χ3v) is 7.33. The molecule has 9 nitrogen and oxygen atoms in total. The van der Waals surface area contributed by atoms with Crippen LogP contribution in [0.25, 0.3) is 5.78 Å². The predicted octanol–water partition coefficient (Wildman–Crippen LogP) is 3.48. The standard InChI is InChI=1S/C25H29N5O4/c1-4-25-12-24(13-25,14-33-25)19-11-29-10-17(21(34-15(2)3)28-23(29)27-19)20(31)26-18-6-5-9-30(22(18)32)16-7-8-16/h5-6,9-11,15-16H,4,7-8,12-14H2,1-3H3,(H,26,31). The van der Waals surface area contributed by atoms with Crippen molar-refractivity contribution in [3.63, 3.8) is 0 Å². The molecule has 0 radical (unpaired) electrons. The van der Waals surface area contributed by atoms with Gasteiger partial charge in [0.1, 0.15) is 11.3 Å². The second-order valence-electron chi connectivity index (χ2n) is 10.2. The van der Waals surface area contributed by atoms with Crippen LogP contribution < -0.4 is 15.6 Å². The van der Waals surface area contributed by atoms with Gasteiger partial charge in [-0.3, -0.25) is 14.0 Å². The average molecular weight is 464 g/mol. The predicted molar refractivity (Wildman–Crippen MR) is 126 cm³/mol. The number of carbonyl (C=O) groups excluding carboxylic acids is 1. The highest BCUT2D eigenvalue weighted by atomic mass is 16.5. The van der Waals surface area contributed by atoms with Crippen molar-refractivity contribution in [2.75, 3.05) is 11.9 Å². The van der Waals surface area contributed by atoms with Crippen molar-refractivity contribution >= 4 is 17.4 Å². The van der Waals surface area contributed by atoms with E-state index < -0.39 is 5.91 Å². The normalized spacial score (nSPS) is 25.5. The van der Waals surface area contributed by atoms with Crippen molar-refractivity contribution in [1.82, 2.24) is 18.9 Å². The minimum atomic E-state index is -0.443. The number of fused-ring (bicyclic) bond motifs is 2. The molecule has 2 saturated carbocycles. The summed E-state index contributed by atoms with van der Waals surface area (Å²) in [4.78, 5) is 35.5. The molecule has 178 valence electrons. The molecule has 0 aromatic carbocycles. The maximum absolute atomic E-state index is 13.3. The van der Waals surface area contributed by atoms with Crippen LogP contribution in [0.15, 0.2) is 35.5 Å². The summed E-state index contributed by atoms with van der Waals surface area (Å²) in [5, 5.41) is 2.77. The van der Waals surface area contributed by atoms with Crippen LogP contribution in [0.4, 0.5) is 5.69 Å². The van der Waals surface area contributed by atoms with Crippen molar-refractivity contribution in [3.05, 3.63) is 52.3 Å². The van der Waals surface area contributed by atoms with Crippen molar-refractivity contribution in [2.24, 2.45) is 0 Å². The highest BCUT2D eigenvalue weighted by Gasteiger charge is 2.63. The molecule has 3 aromatic heterocycles. The first-order valence-corrected chi connectivity index (χ1v) is 12.0. The van der Waals surface area contributed by atoms with Gasteiger partial charge in [-0.25, -0.2) is 4.98 Å². The van der Waals surface area contributed by atoms with Gasteiger partial charge in [-0.05, 0) is 58.1 Å². The lowest BCUT2D eigenvalue weighted by atomic mass is 9.60. The molecule has 7 rings (SSSR count). The third kappa shape index (κ3) is 3.33. The van der Waals surface area contributed by atoms with E-state index in [1.807, 2.05) is 20.0 Å². The van der Waals surface area contributed by atoms with Crippen LogP contribution in [-0.2, 0) is 10.2 Å². The molecule has 0 spiro atoms. The number of hydrogen-bond acceptors (Lipinski definition) is 6. The van der Waals surface area contributed by atoms with Crippen molar-refractivity contribution in [1.29, 1.82) is 0 Å². The fraction of sp³-hybridized carbons (Fsp3) is 0.520. The Hall–Kier alpha value is -3.20. The van der Waals surface area contributed by atoms with Gasteiger partial charge in [0.25, 0.3) is 11.5 Å². The Morgan fingerprint density at radius 1 is 1.29 bits per heavy atom. The van der Waals surface area contributed by atoms with Crippen LogP contribution >= 0.6 is 0 Å². The molecule has 1 N–H and O–H groups in total. The van der Waals surface area contributed by atoms with Gasteiger partial charge < -0.3 is 19.4 Å². The minimum absolute atomic E-state index is 0.0107. The Bertz CT molecular complexity index is 1350. The first-order chi connectivity index (χ1) is 16.3. The van der Waals surface area contributed by atoms with Crippen molar-refractivity contribution < 1.29 is 14.3 Å². The Kier molecular flexibility index (Phi) is 4.64. The summed E-state index contributed by atoms with van der Waals surface area (Å²) < 4.78 is 15.4. The number of ether oxygens (including phenoxy) is 2.